The third-order valence-corrected chi connectivity index (χ3v) is 11.0. The molecule has 0 saturated heterocycles. The predicted octanol–water partition coefficient (Wildman–Crippen LogP) is 7.20. The first-order chi connectivity index (χ1) is 28.5. The van der Waals surface area contributed by atoms with Crippen molar-refractivity contribution in [1.82, 2.24) is 16.0 Å². The number of nitrogens with zero attached hydrogens (tertiary/aromatic N) is 1. The molecule has 16 nitrogen and oxygen atoms in total. The van der Waals surface area contributed by atoms with E-state index in [2.05, 4.69) is 22.9 Å². The summed E-state index contributed by atoms with van der Waals surface area (Å²) >= 11 is 0. The van der Waals surface area contributed by atoms with Gasteiger partial charge in [0.15, 0.2) is 0 Å². The van der Waals surface area contributed by atoms with Crippen LogP contribution in [0, 0.1) is 29.1 Å². The Labute approximate surface area is 356 Å². The maximum absolute atomic E-state index is 13.3. The second kappa shape index (κ2) is 41.2. The van der Waals surface area contributed by atoms with E-state index in [1.54, 1.807) is 6.92 Å². The van der Waals surface area contributed by atoms with Gasteiger partial charge >= 0.3 is 7.82 Å². The van der Waals surface area contributed by atoms with E-state index in [4.69, 9.17) is 42.5 Å². The van der Waals surface area contributed by atoms with Crippen LogP contribution in [-0.2, 0) is 56.2 Å². The molecule has 4 atom stereocenters. The molecule has 0 aromatic rings. The molecule has 0 aliphatic rings. The number of hydrogen-bond donors (Lipinski definition) is 3. The second-order valence-electron chi connectivity index (χ2n) is 15.1. The second-order valence-corrected chi connectivity index (χ2v) is 16.8. The molecule has 4 unspecified atom stereocenters. The van der Waals surface area contributed by atoms with Gasteiger partial charge in [-0.25, -0.2) is 4.57 Å². The van der Waals surface area contributed by atoms with Crippen molar-refractivity contribution in [3.05, 3.63) is 0 Å². The van der Waals surface area contributed by atoms with Crippen LogP contribution in [0.15, 0.2) is 0 Å². The van der Waals surface area contributed by atoms with E-state index in [0.29, 0.717) is 45.4 Å². The molecule has 0 aromatic carbocycles. The van der Waals surface area contributed by atoms with Gasteiger partial charge in [-0.05, 0) is 44.4 Å². The van der Waals surface area contributed by atoms with Gasteiger partial charge in [-0.2, -0.15) is 5.26 Å². The molecule has 3 N–H and O–H groups in total. The van der Waals surface area contributed by atoms with Gasteiger partial charge in [0, 0.05) is 59.4 Å². The van der Waals surface area contributed by atoms with Gasteiger partial charge in [0.1, 0.15) is 13.6 Å². The molecule has 0 fully saturated rings. The third-order valence-electron chi connectivity index (χ3n) is 9.53. The number of ether oxygens (including phenoxy) is 5. The average Bonchev–Trinajstić information content (AvgIpc) is 3.19. The lowest BCUT2D eigenvalue weighted by Gasteiger charge is -2.22. The van der Waals surface area contributed by atoms with Crippen molar-refractivity contribution in [3.8, 4) is 6.07 Å². The summed E-state index contributed by atoms with van der Waals surface area (Å²) in [4.78, 5) is 33.3. The largest absolute Gasteiger partial charge is 0.474 e. The van der Waals surface area contributed by atoms with E-state index >= 15 is 0 Å². The summed E-state index contributed by atoms with van der Waals surface area (Å²) in [5.74, 6) is 0.488. The highest BCUT2D eigenvalue weighted by Gasteiger charge is 2.28. The number of phosphoric ester groups is 1. The van der Waals surface area contributed by atoms with Crippen molar-refractivity contribution in [1.29, 1.82) is 5.26 Å². The zero-order valence-electron chi connectivity index (χ0n) is 37.2. The first kappa shape index (κ1) is 56.8. The number of nitrogens with one attached hydrogen (secondary N) is 3. The van der Waals surface area contributed by atoms with E-state index in [-0.39, 0.29) is 76.0 Å². The van der Waals surface area contributed by atoms with Crippen molar-refractivity contribution >= 4 is 25.5 Å². The molecule has 0 heterocycles. The Hall–Kier alpha value is -2.19. The molecular formula is C42H81N4O12P. The van der Waals surface area contributed by atoms with Crippen molar-refractivity contribution in [2.45, 2.75) is 137 Å². The zero-order valence-corrected chi connectivity index (χ0v) is 38.1. The first-order valence-corrected chi connectivity index (χ1v) is 23.4. The van der Waals surface area contributed by atoms with Gasteiger partial charge in [0.05, 0.1) is 65.3 Å². The minimum Gasteiger partial charge on any atom is -0.382 e. The fourth-order valence-electron chi connectivity index (χ4n) is 6.08. The Morgan fingerprint density at radius 3 is 1.34 bits per heavy atom. The molecule has 0 radical (unpaired) electrons. The van der Waals surface area contributed by atoms with Crippen LogP contribution in [0.5, 0.6) is 0 Å². The lowest BCUT2D eigenvalue weighted by Crippen LogP contribution is -2.22. The summed E-state index contributed by atoms with van der Waals surface area (Å²) < 4.78 is 58.7. The van der Waals surface area contributed by atoms with Crippen LogP contribution in [0.2, 0.25) is 0 Å². The minimum atomic E-state index is -3.93. The van der Waals surface area contributed by atoms with Gasteiger partial charge < -0.3 is 39.6 Å². The maximum atomic E-state index is 13.3. The number of amides is 3. The van der Waals surface area contributed by atoms with Crippen LogP contribution in [0.1, 0.15) is 137 Å². The van der Waals surface area contributed by atoms with Crippen molar-refractivity contribution in [2.24, 2.45) is 17.8 Å². The lowest BCUT2D eigenvalue weighted by atomic mass is 9.99. The van der Waals surface area contributed by atoms with Crippen molar-refractivity contribution in [3.63, 3.8) is 0 Å². The van der Waals surface area contributed by atoms with E-state index in [9.17, 15) is 18.9 Å². The molecule has 0 bridgehead atoms. The summed E-state index contributed by atoms with van der Waals surface area (Å²) in [6.07, 6.45) is 16.0. The number of rotatable bonds is 44. The number of unbranched alkanes of at least 4 members (excludes halogenated alkanes) is 9. The summed E-state index contributed by atoms with van der Waals surface area (Å²) in [6.45, 7) is 11.3. The van der Waals surface area contributed by atoms with E-state index in [0.717, 1.165) is 109 Å². The molecule has 0 aromatic heterocycles. The summed E-state index contributed by atoms with van der Waals surface area (Å²) in [5.41, 5.74) is 0. The third kappa shape index (κ3) is 39.7. The first-order valence-electron chi connectivity index (χ1n) is 22.0. The standard InChI is InChI=1S/C42H81N4O12P/c1-6-40(20-13-7-10-16-24-44-37(2)47)30-52-35-53-31-41(21-14-8-11-17-25-45-38(3)48)32-54-36-55-33-42(22-15-9-12-18-26-46-39(4)49)34-58-59(50,56-27-19-23-43)57-29-28-51-5/h40-42H,6-22,24-36H2,1-5H3,(H,44,47)(H,45,48)(H,46,49). The topological polar surface area (TPSA) is 202 Å². The van der Waals surface area contributed by atoms with Crippen LogP contribution in [-0.4, -0.2) is 111 Å². The summed E-state index contributed by atoms with van der Waals surface area (Å²) in [5, 5.41) is 17.4. The molecule has 0 aliphatic carbocycles. The highest BCUT2D eigenvalue weighted by atomic mass is 31.2. The fourth-order valence-corrected chi connectivity index (χ4v) is 7.31. The van der Waals surface area contributed by atoms with Gasteiger partial charge in [-0.3, -0.25) is 28.0 Å². The van der Waals surface area contributed by atoms with Gasteiger partial charge in [0.25, 0.3) is 0 Å². The SMILES string of the molecule is CCC(CCCCCCNC(C)=O)COCOCC(CCCCCCNC(C)=O)COCOCC(CCCCCCNC(C)=O)COP(=O)(OCCC#N)OCCOC. The molecule has 0 saturated carbocycles. The van der Waals surface area contributed by atoms with Crippen LogP contribution in [0.4, 0.5) is 0 Å². The highest BCUT2D eigenvalue weighted by Crippen LogP contribution is 2.50. The van der Waals surface area contributed by atoms with Crippen molar-refractivity contribution in [2.75, 3.05) is 93.2 Å². The molecule has 59 heavy (non-hydrogen) atoms. The van der Waals surface area contributed by atoms with E-state index < -0.39 is 7.82 Å². The number of nitriles is 1. The molecule has 17 heteroatoms. The smallest absolute Gasteiger partial charge is 0.382 e. The summed E-state index contributed by atoms with van der Waals surface area (Å²) in [7, 11) is -2.42. The number of phosphoric acid groups is 1. The lowest BCUT2D eigenvalue weighted by molar-refractivity contribution is -0.119. The molecular weight excluding hydrogens is 783 g/mol. The minimum absolute atomic E-state index is 0.00800. The molecule has 0 rings (SSSR count). The van der Waals surface area contributed by atoms with Gasteiger partial charge in [0.2, 0.25) is 17.7 Å². The normalized spacial score (nSPS) is 13.9. The fraction of sp³-hybridized carbons (Fsp3) is 0.905. The summed E-state index contributed by atoms with van der Waals surface area (Å²) in [6, 6.07) is 1.96. The van der Waals surface area contributed by atoms with E-state index in [1.807, 2.05) is 6.07 Å². The zero-order chi connectivity index (χ0) is 43.7. The Balaban J connectivity index is 5.02. The maximum Gasteiger partial charge on any atom is 0.474 e. The molecule has 3 amide bonds. The Morgan fingerprint density at radius 2 is 0.932 bits per heavy atom. The monoisotopic (exact) mass is 865 g/mol. The molecule has 0 aliphatic heterocycles. The average molecular weight is 865 g/mol. The highest BCUT2D eigenvalue weighted by molar-refractivity contribution is 7.48. The Bertz CT molecular complexity index is 1120. The van der Waals surface area contributed by atoms with Crippen molar-refractivity contribution < 1.29 is 56.2 Å². The van der Waals surface area contributed by atoms with Crippen LogP contribution < -0.4 is 16.0 Å². The quantitative estimate of drug-likeness (QED) is 0.0316. The predicted molar refractivity (Wildman–Crippen MR) is 227 cm³/mol. The Kier molecular flexibility index (Phi) is 39.6. The number of carbonyl (C=O) groups excluding carboxylic acids is 3. The van der Waals surface area contributed by atoms with Crippen LogP contribution in [0.3, 0.4) is 0 Å². The van der Waals surface area contributed by atoms with Crippen LogP contribution >= 0.6 is 7.82 Å². The van der Waals surface area contributed by atoms with Gasteiger partial charge in [-0.1, -0.05) is 71.1 Å². The molecule has 346 valence electrons. The molecule has 0 spiro atoms. The van der Waals surface area contributed by atoms with Crippen LogP contribution in [0.25, 0.3) is 0 Å². The van der Waals surface area contributed by atoms with E-state index in [1.165, 1.54) is 21.0 Å². The Morgan fingerprint density at radius 1 is 0.542 bits per heavy atom. The number of methoxy groups -OCH3 is 1. The van der Waals surface area contributed by atoms with Gasteiger partial charge in [-0.15, -0.1) is 0 Å². The number of carbonyl (C=O) groups is 3. The number of hydrogen-bond acceptors (Lipinski definition) is 13.